The van der Waals surface area contributed by atoms with Crippen molar-refractivity contribution in [3.8, 4) is 0 Å². The van der Waals surface area contributed by atoms with Gasteiger partial charge in [0.05, 0.1) is 4.92 Å². The molecule has 0 aliphatic rings. The zero-order chi connectivity index (χ0) is 11.4. The SMILES string of the molecule is C[C@@H](Cl)C(=O)Nc1cccc([N+](=O)[O-])c1. The standard InChI is InChI=1S/C9H9ClN2O3/c1-6(10)9(13)11-7-3-2-4-8(5-7)12(14)15/h2-6H,1H3,(H,11,13)/t6-/m1/s1. The Morgan fingerprint density at radius 3 is 2.80 bits per heavy atom. The Bertz CT molecular complexity index is 393. The van der Waals surface area contributed by atoms with Gasteiger partial charge in [-0.15, -0.1) is 11.6 Å². The van der Waals surface area contributed by atoms with E-state index in [0.717, 1.165) is 0 Å². The summed E-state index contributed by atoms with van der Waals surface area (Å²) in [7, 11) is 0. The van der Waals surface area contributed by atoms with Crippen LogP contribution in [0.5, 0.6) is 0 Å². The molecule has 0 saturated heterocycles. The normalized spacial score (nSPS) is 11.9. The lowest BCUT2D eigenvalue weighted by Gasteiger charge is -2.05. The fraction of sp³-hybridized carbons (Fsp3) is 0.222. The highest BCUT2D eigenvalue weighted by Gasteiger charge is 2.11. The first-order valence-corrected chi connectivity index (χ1v) is 4.63. The van der Waals surface area contributed by atoms with E-state index in [0.29, 0.717) is 5.69 Å². The van der Waals surface area contributed by atoms with E-state index >= 15 is 0 Å². The van der Waals surface area contributed by atoms with Crippen molar-refractivity contribution < 1.29 is 9.72 Å². The first kappa shape index (κ1) is 11.5. The van der Waals surface area contributed by atoms with Gasteiger partial charge < -0.3 is 5.32 Å². The predicted octanol–water partition coefficient (Wildman–Crippen LogP) is 2.16. The van der Waals surface area contributed by atoms with Gasteiger partial charge in [0.2, 0.25) is 5.91 Å². The van der Waals surface area contributed by atoms with Crippen molar-refractivity contribution in [3.05, 3.63) is 34.4 Å². The van der Waals surface area contributed by atoms with Crippen LogP contribution in [0.2, 0.25) is 0 Å². The van der Waals surface area contributed by atoms with Crippen LogP contribution in [0.4, 0.5) is 11.4 Å². The van der Waals surface area contributed by atoms with E-state index in [4.69, 9.17) is 11.6 Å². The van der Waals surface area contributed by atoms with Gasteiger partial charge in [0.25, 0.3) is 5.69 Å². The molecule has 0 aromatic heterocycles. The van der Waals surface area contributed by atoms with E-state index in [1.54, 1.807) is 6.07 Å². The Hall–Kier alpha value is -1.62. The highest BCUT2D eigenvalue weighted by molar-refractivity contribution is 6.32. The Labute approximate surface area is 91.2 Å². The highest BCUT2D eigenvalue weighted by atomic mass is 35.5. The van der Waals surface area contributed by atoms with E-state index in [2.05, 4.69) is 5.32 Å². The summed E-state index contributed by atoms with van der Waals surface area (Å²) < 4.78 is 0. The molecule has 1 atom stereocenters. The van der Waals surface area contributed by atoms with Gasteiger partial charge in [-0.3, -0.25) is 14.9 Å². The van der Waals surface area contributed by atoms with Crippen molar-refractivity contribution in [2.24, 2.45) is 0 Å². The third-order valence-electron chi connectivity index (χ3n) is 1.69. The number of nitrogens with zero attached hydrogens (tertiary/aromatic N) is 1. The number of carbonyl (C=O) groups is 1. The number of carbonyl (C=O) groups excluding carboxylic acids is 1. The number of alkyl halides is 1. The summed E-state index contributed by atoms with van der Waals surface area (Å²) in [6, 6.07) is 5.67. The number of nitrogens with one attached hydrogen (secondary N) is 1. The Morgan fingerprint density at radius 2 is 2.27 bits per heavy atom. The monoisotopic (exact) mass is 228 g/mol. The summed E-state index contributed by atoms with van der Waals surface area (Å²) in [5.74, 6) is -0.392. The van der Waals surface area contributed by atoms with Crippen molar-refractivity contribution in [1.82, 2.24) is 0 Å². The van der Waals surface area contributed by atoms with Crippen molar-refractivity contribution in [2.75, 3.05) is 5.32 Å². The number of nitro benzene ring substituents is 1. The number of amides is 1. The van der Waals surface area contributed by atoms with Gasteiger partial charge in [0.15, 0.2) is 0 Å². The molecule has 15 heavy (non-hydrogen) atoms. The van der Waals surface area contributed by atoms with Gasteiger partial charge in [-0.2, -0.15) is 0 Å². The first-order valence-electron chi connectivity index (χ1n) is 4.20. The minimum Gasteiger partial charge on any atom is -0.325 e. The molecule has 0 bridgehead atoms. The molecule has 1 amide bonds. The summed E-state index contributed by atoms with van der Waals surface area (Å²) in [4.78, 5) is 21.1. The van der Waals surface area contributed by atoms with Gasteiger partial charge in [0, 0.05) is 17.8 Å². The zero-order valence-electron chi connectivity index (χ0n) is 7.94. The van der Waals surface area contributed by atoms with Crippen molar-refractivity contribution in [1.29, 1.82) is 0 Å². The molecule has 0 aliphatic carbocycles. The minimum atomic E-state index is -0.677. The number of non-ortho nitro benzene ring substituents is 1. The zero-order valence-corrected chi connectivity index (χ0v) is 8.69. The van der Waals surface area contributed by atoms with E-state index < -0.39 is 16.2 Å². The fourth-order valence-corrected chi connectivity index (χ4v) is 0.993. The molecular formula is C9H9ClN2O3. The van der Waals surface area contributed by atoms with Crippen LogP contribution >= 0.6 is 11.6 Å². The molecule has 1 N–H and O–H groups in total. The Balaban J connectivity index is 2.83. The van der Waals surface area contributed by atoms with Gasteiger partial charge in [-0.25, -0.2) is 0 Å². The maximum atomic E-state index is 11.2. The molecule has 80 valence electrons. The Morgan fingerprint density at radius 1 is 1.60 bits per heavy atom. The number of hydrogen-bond acceptors (Lipinski definition) is 3. The lowest BCUT2D eigenvalue weighted by atomic mass is 10.2. The second kappa shape index (κ2) is 4.75. The van der Waals surface area contributed by atoms with Crippen molar-refractivity contribution in [3.63, 3.8) is 0 Å². The molecule has 0 unspecified atom stereocenters. The van der Waals surface area contributed by atoms with Crippen LogP contribution in [0.3, 0.4) is 0 Å². The van der Waals surface area contributed by atoms with Crippen LogP contribution in [0.1, 0.15) is 6.92 Å². The van der Waals surface area contributed by atoms with E-state index in [9.17, 15) is 14.9 Å². The van der Waals surface area contributed by atoms with Crippen LogP contribution in [-0.4, -0.2) is 16.2 Å². The highest BCUT2D eigenvalue weighted by Crippen LogP contribution is 2.17. The third-order valence-corrected chi connectivity index (χ3v) is 1.88. The van der Waals surface area contributed by atoms with Gasteiger partial charge in [0.1, 0.15) is 5.38 Å². The lowest BCUT2D eigenvalue weighted by molar-refractivity contribution is -0.384. The van der Waals surface area contributed by atoms with Crippen molar-refractivity contribution in [2.45, 2.75) is 12.3 Å². The molecule has 6 heteroatoms. The molecule has 0 radical (unpaired) electrons. The summed E-state index contributed by atoms with van der Waals surface area (Å²) in [6.45, 7) is 1.52. The number of benzene rings is 1. The molecule has 1 aromatic carbocycles. The minimum absolute atomic E-state index is 0.0741. The van der Waals surface area contributed by atoms with Crippen LogP contribution in [0.25, 0.3) is 0 Å². The van der Waals surface area contributed by atoms with Gasteiger partial charge in [-0.05, 0) is 13.0 Å². The molecular weight excluding hydrogens is 220 g/mol. The number of halogens is 1. The average molecular weight is 229 g/mol. The molecule has 5 nitrogen and oxygen atoms in total. The van der Waals surface area contributed by atoms with E-state index in [1.165, 1.54) is 25.1 Å². The number of rotatable bonds is 3. The van der Waals surface area contributed by atoms with E-state index in [-0.39, 0.29) is 5.69 Å². The van der Waals surface area contributed by atoms with Gasteiger partial charge in [-0.1, -0.05) is 6.07 Å². The maximum Gasteiger partial charge on any atom is 0.271 e. The molecule has 1 aromatic rings. The second-order valence-electron chi connectivity index (χ2n) is 2.91. The lowest BCUT2D eigenvalue weighted by Crippen LogP contribution is -2.20. The summed E-state index contributed by atoms with van der Waals surface area (Å²) in [5, 5.41) is 12.2. The Kier molecular flexibility index (Phi) is 3.62. The summed E-state index contributed by atoms with van der Waals surface area (Å²) >= 11 is 5.53. The van der Waals surface area contributed by atoms with Gasteiger partial charge >= 0.3 is 0 Å². The largest absolute Gasteiger partial charge is 0.325 e. The van der Waals surface area contributed by atoms with E-state index in [1.807, 2.05) is 0 Å². The summed E-state index contributed by atoms with van der Waals surface area (Å²) in [5.41, 5.74) is 0.289. The quantitative estimate of drug-likeness (QED) is 0.490. The summed E-state index contributed by atoms with van der Waals surface area (Å²) in [6.07, 6.45) is 0. The number of nitro groups is 1. The molecule has 1 rings (SSSR count). The molecule has 0 aliphatic heterocycles. The average Bonchev–Trinajstić information content (AvgIpc) is 2.18. The fourth-order valence-electron chi connectivity index (χ4n) is 0.939. The van der Waals surface area contributed by atoms with Crippen LogP contribution in [0, 0.1) is 10.1 Å². The second-order valence-corrected chi connectivity index (χ2v) is 3.57. The first-order chi connectivity index (χ1) is 7.00. The molecule has 0 saturated carbocycles. The van der Waals surface area contributed by atoms with Crippen molar-refractivity contribution >= 4 is 28.9 Å². The number of hydrogen-bond donors (Lipinski definition) is 1. The third kappa shape index (κ3) is 3.21. The van der Waals surface area contributed by atoms with Crippen LogP contribution in [-0.2, 0) is 4.79 Å². The molecule has 0 spiro atoms. The predicted molar refractivity (Wildman–Crippen MR) is 57.0 cm³/mol. The van der Waals surface area contributed by atoms with Crippen LogP contribution < -0.4 is 5.32 Å². The molecule has 0 heterocycles. The smallest absolute Gasteiger partial charge is 0.271 e. The molecule has 0 fully saturated rings. The number of anilines is 1. The topological polar surface area (TPSA) is 72.2 Å². The maximum absolute atomic E-state index is 11.2. The van der Waals surface area contributed by atoms with Crippen LogP contribution in [0.15, 0.2) is 24.3 Å².